The van der Waals surface area contributed by atoms with E-state index in [1.807, 2.05) is 19.9 Å². The fourth-order valence-electron chi connectivity index (χ4n) is 3.78. The van der Waals surface area contributed by atoms with Crippen LogP contribution in [0.5, 0.6) is 0 Å². The molecule has 2 fully saturated rings. The number of ether oxygens (including phenoxy) is 2. The highest BCUT2D eigenvalue weighted by atomic mass is 16.5. The van der Waals surface area contributed by atoms with E-state index in [1.54, 1.807) is 6.20 Å². The molecule has 3 rings (SSSR count). The summed E-state index contributed by atoms with van der Waals surface area (Å²) in [7, 11) is 0. The van der Waals surface area contributed by atoms with E-state index in [2.05, 4.69) is 16.4 Å². The van der Waals surface area contributed by atoms with Crippen LogP contribution in [0.3, 0.4) is 0 Å². The number of hydrogen-bond acceptors (Lipinski definition) is 5. The van der Waals surface area contributed by atoms with Gasteiger partial charge in [0, 0.05) is 37.5 Å². The van der Waals surface area contributed by atoms with Gasteiger partial charge in [-0.3, -0.25) is 0 Å². The molecule has 0 bridgehead atoms. The molecule has 1 N–H and O–H groups in total. The highest BCUT2D eigenvalue weighted by Gasteiger charge is 2.56. The van der Waals surface area contributed by atoms with Gasteiger partial charge >= 0.3 is 0 Å². The Bertz CT molecular complexity index is 576. The fourth-order valence-corrected chi connectivity index (χ4v) is 3.78. The summed E-state index contributed by atoms with van der Waals surface area (Å²) in [6.45, 7) is 6.30. The zero-order valence-corrected chi connectivity index (χ0v) is 13.3. The van der Waals surface area contributed by atoms with E-state index in [9.17, 15) is 5.26 Å². The minimum atomic E-state index is 0.117. The van der Waals surface area contributed by atoms with Crippen molar-refractivity contribution in [3.63, 3.8) is 0 Å². The lowest BCUT2D eigenvalue weighted by molar-refractivity contribution is -0.159. The Morgan fingerprint density at radius 1 is 1.50 bits per heavy atom. The number of hydrogen-bond donors (Lipinski definition) is 1. The molecule has 22 heavy (non-hydrogen) atoms. The third-order valence-electron chi connectivity index (χ3n) is 5.16. The zero-order valence-electron chi connectivity index (χ0n) is 13.3. The summed E-state index contributed by atoms with van der Waals surface area (Å²) in [6, 6.07) is 4.44. The molecule has 1 spiro atoms. The summed E-state index contributed by atoms with van der Waals surface area (Å²) in [4.78, 5) is 4.38. The molecule has 1 aromatic heterocycles. The minimum absolute atomic E-state index is 0.117. The van der Waals surface area contributed by atoms with Crippen LogP contribution in [-0.2, 0) is 9.47 Å². The summed E-state index contributed by atoms with van der Waals surface area (Å²) in [6.07, 6.45) is 5.02. The number of nitrogens with one attached hydrogen (secondary N) is 1. The van der Waals surface area contributed by atoms with E-state index in [0.717, 1.165) is 44.6 Å². The molecule has 5 heteroatoms. The number of rotatable bonds is 4. The van der Waals surface area contributed by atoms with Gasteiger partial charge in [0.05, 0.1) is 11.7 Å². The molecule has 1 aliphatic heterocycles. The van der Waals surface area contributed by atoms with Crippen LogP contribution in [0.25, 0.3) is 0 Å². The van der Waals surface area contributed by atoms with Crippen molar-refractivity contribution in [1.29, 1.82) is 5.26 Å². The number of anilines is 1. The lowest BCUT2D eigenvalue weighted by Crippen LogP contribution is -2.63. The zero-order chi connectivity index (χ0) is 15.6. The third kappa shape index (κ3) is 2.47. The molecule has 1 aromatic rings. The van der Waals surface area contributed by atoms with Crippen LogP contribution in [0.15, 0.2) is 12.3 Å². The first kappa shape index (κ1) is 15.3. The van der Waals surface area contributed by atoms with Crippen LogP contribution >= 0.6 is 0 Å². The van der Waals surface area contributed by atoms with Gasteiger partial charge in [0.15, 0.2) is 0 Å². The Balaban J connectivity index is 1.81. The summed E-state index contributed by atoms with van der Waals surface area (Å²) in [5.41, 5.74) is 1.72. The smallest absolute Gasteiger partial charge is 0.144 e. The standard InChI is InChI=1S/C17H23N3O2/c1-3-22-15-10-14(17(15)5-8-21-9-6-17)20-16-13(11-18)12(2)4-7-19-16/h4,7,14-15H,3,5-6,8-10H2,1-2H3,(H,19,20)/t14-,15-/m1/s1. The molecule has 0 aromatic carbocycles. The molecule has 118 valence electrons. The van der Waals surface area contributed by atoms with Gasteiger partial charge in [-0.05, 0) is 44.7 Å². The topological polar surface area (TPSA) is 67.2 Å². The number of pyridine rings is 1. The SMILES string of the molecule is CCO[C@@H]1C[C@@H](Nc2nccc(C)c2C#N)C12CCOCC2. The lowest BCUT2D eigenvalue weighted by Gasteiger charge is -2.57. The van der Waals surface area contributed by atoms with Gasteiger partial charge in [-0.1, -0.05) is 0 Å². The second kappa shape index (κ2) is 6.23. The summed E-state index contributed by atoms with van der Waals surface area (Å²) in [5, 5.41) is 12.9. The maximum atomic E-state index is 9.37. The lowest BCUT2D eigenvalue weighted by atomic mass is 9.57. The number of aromatic nitrogens is 1. The molecule has 0 amide bonds. The highest BCUT2D eigenvalue weighted by molar-refractivity contribution is 5.56. The molecule has 2 aliphatic rings. The minimum Gasteiger partial charge on any atom is -0.381 e. The molecule has 2 heterocycles. The van der Waals surface area contributed by atoms with Gasteiger partial charge in [0.2, 0.25) is 0 Å². The second-order valence-electron chi connectivity index (χ2n) is 6.19. The van der Waals surface area contributed by atoms with E-state index in [4.69, 9.17) is 9.47 Å². The number of nitriles is 1. The molecule has 1 aliphatic carbocycles. The van der Waals surface area contributed by atoms with E-state index in [-0.39, 0.29) is 11.5 Å². The van der Waals surface area contributed by atoms with E-state index in [0.29, 0.717) is 17.4 Å². The number of nitrogens with zero attached hydrogens (tertiary/aromatic N) is 2. The second-order valence-corrected chi connectivity index (χ2v) is 6.19. The largest absolute Gasteiger partial charge is 0.381 e. The first-order chi connectivity index (χ1) is 10.7. The fraction of sp³-hybridized carbons (Fsp3) is 0.647. The molecule has 1 saturated carbocycles. The van der Waals surface area contributed by atoms with E-state index in [1.165, 1.54) is 0 Å². The molecule has 1 saturated heterocycles. The molecule has 2 atom stereocenters. The van der Waals surface area contributed by atoms with Gasteiger partial charge in [0.1, 0.15) is 11.9 Å². The summed E-state index contributed by atoms with van der Waals surface area (Å²) < 4.78 is 11.5. The molecule has 0 radical (unpaired) electrons. The molecular formula is C17H23N3O2. The Kier molecular flexibility index (Phi) is 4.32. The van der Waals surface area contributed by atoms with Gasteiger partial charge in [-0.15, -0.1) is 0 Å². The van der Waals surface area contributed by atoms with Crippen molar-refractivity contribution in [2.45, 2.75) is 45.3 Å². The summed E-state index contributed by atoms with van der Waals surface area (Å²) in [5.74, 6) is 0.702. The van der Waals surface area contributed by atoms with E-state index < -0.39 is 0 Å². The monoisotopic (exact) mass is 301 g/mol. The number of aryl methyl sites for hydroxylation is 1. The molecular weight excluding hydrogens is 278 g/mol. The molecule has 0 unspecified atom stereocenters. The van der Waals surface area contributed by atoms with Gasteiger partial charge in [-0.2, -0.15) is 5.26 Å². The van der Waals surface area contributed by atoms with Crippen LogP contribution in [0.4, 0.5) is 5.82 Å². The Morgan fingerprint density at radius 2 is 2.27 bits per heavy atom. The van der Waals surface area contributed by atoms with Crippen LogP contribution in [-0.4, -0.2) is 37.0 Å². The predicted molar refractivity (Wildman–Crippen MR) is 83.6 cm³/mol. The van der Waals surface area contributed by atoms with Crippen LogP contribution in [0.1, 0.15) is 37.3 Å². The first-order valence-electron chi connectivity index (χ1n) is 8.03. The van der Waals surface area contributed by atoms with Gasteiger partial charge in [-0.25, -0.2) is 4.98 Å². The Hall–Kier alpha value is -1.64. The predicted octanol–water partition coefficient (Wildman–Crippen LogP) is 2.65. The van der Waals surface area contributed by atoms with Crippen LogP contribution in [0, 0.1) is 23.7 Å². The quantitative estimate of drug-likeness (QED) is 0.926. The van der Waals surface area contributed by atoms with Crippen molar-refractivity contribution in [1.82, 2.24) is 4.98 Å². The van der Waals surface area contributed by atoms with Crippen molar-refractivity contribution in [2.75, 3.05) is 25.1 Å². The van der Waals surface area contributed by atoms with Crippen molar-refractivity contribution in [3.8, 4) is 6.07 Å². The normalized spacial score (nSPS) is 26.2. The van der Waals surface area contributed by atoms with Crippen molar-refractivity contribution < 1.29 is 9.47 Å². The van der Waals surface area contributed by atoms with Crippen molar-refractivity contribution in [3.05, 3.63) is 23.4 Å². The molecule has 5 nitrogen and oxygen atoms in total. The van der Waals surface area contributed by atoms with Gasteiger partial charge < -0.3 is 14.8 Å². The highest BCUT2D eigenvalue weighted by Crippen LogP contribution is 2.51. The van der Waals surface area contributed by atoms with E-state index >= 15 is 0 Å². The average Bonchev–Trinajstić information content (AvgIpc) is 2.55. The van der Waals surface area contributed by atoms with Crippen molar-refractivity contribution >= 4 is 5.82 Å². The summed E-state index contributed by atoms with van der Waals surface area (Å²) >= 11 is 0. The average molecular weight is 301 g/mol. The van der Waals surface area contributed by atoms with Crippen LogP contribution < -0.4 is 5.32 Å². The van der Waals surface area contributed by atoms with Gasteiger partial charge in [0.25, 0.3) is 0 Å². The maximum Gasteiger partial charge on any atom is 0.144 e. The maximum absolute atomic E-state index is 9.37. The Labute approximate surface area is 131 Å². The third-order valence-corrected chi connectivity index (χ3v) is 5.16. The van der Waals surface area contributed by atoms with Crippen LogP contribution in [0.2, 0.25) is 0 Å². The Morgan fingerprint density at radius 3 is 2.95 bits per heavy atom. The van der Waals surface area contributed by atoms with Crippen molar-refractivity contribution in [2.24, 2.45) is 5.41 Å². The first-order valence-corrected chi connectivity index (χ1v) is 8.03.